The molecule has 2 rings (SSSR count). The first-order valence-electron chi connectivity index (χ1n) is 6.66. The van der Waals surface area contributed by atoms with Gasteiger partial charge >= 0.3 is 0 Å². The van der Waals surface area contributed by atoms with Crippen LogP contribution in [0, 0.1) is 5.92 Å². The van der Waals surface area contributed by atoms with Gasteiger partial charge < -0.3 is 0 Å². The lowest BCUT2D eigenvalue weighted by Crippen LogP contribution is -2.53. The number of likely N-dealkylation sites (N-methyl/N-ethyl adjacent to an activating group) is 1. The number of nitrogens with zero attached hydrogens (tertiary/aromatic N) is 3. The van der Waals surface area contributed by atoms with Crippen LogP contribution in [0.25, 0.3) is 0 Å². The van der Waals surface area contributed by atoms with Crippen LogP contribution >= 0.6 is 0 Å². The summed E-state index contributed by atoms with van der Waals surface area (Å²) in [5.74, 6) is 0.842. The summed E-state index contributed by atoms with van der Waals surface area (Å²) >= 11 is 0. The number of aryl methyl sites for hydroxylation is 1. The standard InChI is InChI=1S/C14H23N3O/c1-11-6-5-7-14(8-11,16(2)3)13(18)12-9-15-17(4)10-12/h9-11H,5-8H2,1-4H3. The van der Waals surface area contributed by atoms with Crippen LogP contribution in [0.15, 0.2) is 12.4 Å². The molecule has 0 amide bonds. The first-order chi connectivity index (χ1) is 8.45. The van der Waals surface area contributed by atoms with Gasteiger partial charge in [-0.1, -0.05) is 19.8 Å². The lowest BCUT2D eigenvalue weighted by molar-refractivity contribution is 0.0486. The molecule has 0 aromatic carbocycles. The highest BCUT2D eigenvalue weighted by atomic mass is 16.1. The maximum Gasteiger partial charge on any atom is 0.186 e. The molecule has 1 aliphatic carbocycles. The number of Topliss-reactive ketones (excluding diaryl/α,β-unsaturated/α-hetero) is 1. The van der Waals surface area contributed by atoms with E-state index in [4.69, 9.17) is 0 Å². The maximum absolute atomic E-state index is 12.8. The Morgan fingerprint density at radius 2 is 2.28 bits per heavy atom. The molecule has 1 aromatic rings. The molecule has 2 unspecified atom stereocenters. The van der Waals surface area contributed by atoms with Gasteiger partial charge in [-0.05, 0) is 32.9 Å². The van der Waals surface area contributed by atoms with E-state index in [2.05, 4.69) is 16.9 Å². The lowest BCUT2D eigenvalue weighted by Gasteiger charge is -2.43. The Morgan fingerprint density at radius 3 is 2.78 bits per heavy atom. The lowest BCUT2D eigenvalue weighted by atomic mass is 9.72. The summed E-state index contributed by atoms with van der Waals surface area (Å²) in [6.45, 7) is 2.24. The third-order valence-electron chi connectivity index (χ3n) is 4.22. The summed E-state index contributed by atoms with van der Waals surface area (Å²) in [6.07, 6.45) is 7.78. The molecule has 0 N–H and O–H groups in total. The predicted molar refractivity (Wildman–Crippen MR) is 71.6 cm³/mol. The number of hydrogen-bond acceptors (Lipinski definition) is 3. The van der Waals surface area contributed by atoms with Crippen LogP contribution in [0.3, 0.4) is 0 Å². The van der Waals surface area contributed by atoms with Gasteiger partial charge in [-0.2, -0.15) is 5.10 Å². The van der Waals surface area contributed by atoms with E-state index in [9.17, 15) is 4.79 Å². The summed E-state index contributed by atoms with van der Waals surface area (Å²) in [6, 6.07) is 0. The number of hydrogen-bond donors (Lipinski definition) is 0. The summed E-state index contributed by atoms with van der Waals surface area (Å²) in [5.41, 5.74) is 0.404. The zero-order valence-electron chi connectivity index (χ0n) is 11.8. The fourth-order valence-electron chi connectivity index (χ4n) is 3.15. The summed E-state index contributed by atoms with van der Waals surface area (Å²) in [4.78, 5) is 14.9. The minimum absolute atomic E-state index is 0.229. The Kier molecular flexibility index (Phi) is 3.57. The van der Waals surface area contributed by atoms with Gasteiger partial charge in [0, 0.05) is 13.2 Å². The van der Waals surface area contributed by atoms with Gasteiger partial charge in [0.1, 0.15) is 0 Å². The molecular formula is C14H23N3O. The summed E-state index contributed by atoms with van der Waals surface area (Å²) in [7, 11) is 5.89. The van der Waals surface area contributed by atoms with Crippen LogP contribution in [-0.4, -0.2) is 40.1 Å². The van der Waals surface area contributed by atoms with Gasteiger partial charge in [0.25, 0.3) is 0 Å². The van der Waals surface area contributed by atoms with Crippen LogP contribution < -0.4 is 0 Å². The van der Waals surface area contributed by atoms with Crippen LogP contribution in [-0.2, 0) is 7.05 Å². The largest absolute Gasteiger partial charge is 0.297 e. The van der Waals surface area contributed by atoms with Gasteiger partial charge in [-0.15, -0.1) is 0 Å². The minimum atomic E-state index is -0.333. The van der Waals surface area contributed by atoms with Gasteiger partial charge in [-0.3, -0.25) is 14.4 Å². The summed E-state index contributed by atoms with van der Waals surface area (Å²) in [5, 5.41) is 4.12. The molecule has 18 heavy (non-hydrogen) atoms. The number of ketones is 1. The fourth-order valence-corrected chi connectivity index (χ4v) is 3.15. The first kappa shape index (κ1) is 13.3. The van der Waals surface area contributed by atoms with Crippen molar-refractivity contribution >= 4 is 5.78 Å². The number of aromatic nitrogens is 2. The Bertz CT molecular complexity index is 438. The molecule has 1 aromatic heterocycles. The van der Waals surface area contributed by atoms with E-state index >= 15 is 0 Å². The van der Waals surface area contributed by atoms with Crippen molar-refractivity contribution < 1.29 is 4.79 Å². The highest BCUT2D eigenvalue weighted by molar-refractivity contribution is 6.03. The van der Waals surface area contributed by atoms with Crippen molar-refractivity contribution in [1.29, 1.82) is 0 Å². The monoisotopic (exact) mass is 249 g/mol. The Balaban J connectivity index is 2.32. The minimum Gasteiger partial charge on any atom is -0.297 e. The van der Waals surface area contributed by atoms with E-state index in [1.54, 1.807) is 10.9 Å². The second-order valence-electron chi connectivity index (χ2n) is 5.86. The van der Waals surface area contributed by atoms with Gasteiger partial charge in [0.05, 0.1) is 17.3 Å². The van der Waals surface area contributed by atoms with Crippen LogP contribution in [0.1, 0.15) is 43.0 Å². The first-order valence-corrected chi connectivity index (χ1v) is 6.66. The zero-order valence-corrected chi connectivity index (χ0v) is 11.8. The molecule has 100 valence electrons. The average molecular weight is 249 g/mol. The van der Waals surface area contributed by atoms with E-state index in [0.29, 0.717) is 5.92 Å². The van der Waals surface area contributed by atoms with E-state index in [0.717, 1.165) is 24.8 Å². The highest BCUT2D eigenvalue weighted by Crippen LogP contribution is 2.37. The third-order valence-corrected chi connectivity index (χ3v) is 4.22. The molecular weight excluding hydrogens is 226 g/mol. The number of rotatable bonds is 3. The van der Waals surface area contributed by atoms with Crippen molar-refractivity contribution in [2.45, 2.75) is 38.1 Å². The Morgan fingerprint density at radius 1 is 1.56 bits per heavy atom. The van der Waals surface area contributed by atoms with Crippen molar-refractivity contribution in [3.8, 4) is 0 Å². The molecule has 0 saturated heterocycles. The molecule has 1 aliphatic rings. The fraction of sp³-hybridized carbons (Fsp3) is 0.714. The molecule has 0 radical (unpaired) electrons. The van der Waals surface area contributed by atoms with Crippen molar-refractivity contribution in [1.82, 2.24) is 14.7 Å². The normalized spacial score (nSPS) is 28.6. The molecule has 1 saturated carbocycles. The van der Waals surface area contributed by atoms with Crippen molar-refractivity contribution in [2.24, 2.45) is 13.0 Å². The van der Waals surface area contributed by atoms with Crippen molar-refractivity contribution in [2.75, 3.05) is 14.1 Å². The van der Waals surface area contributed by atoms with Crippen LogP contribution in [0.2, 0.25) is 0 Å². The molecule has 0 aliphatic heterocycles. The zero-order chi connectivity index (χ0) is 13.3. The Labute approximate surface area is 109 Å². The second kappa shape index (κ2) is 4.84. The molecule has 1 fully saturated rings. The highest BCUT2D eigenvalue weighted by Gasteiger charge is 2.44. The average Bonchev–Trinajstić information content (AvgIpc) is 2.74. The molecule has 4 heteroatoms. The maximum atomic E-state index is 12.8. The molecule has 1 heterocycles. The number of carbonyl (C=O) groups excluding carboxylic acids is 1. The molecule has 0 spiro atoms. The third kappa shape index (κ3) is 2.21. The van der Waals surface area contributed by atoms with Crippen molar-refractivity contribution in [3.05, 3.63) is 18.0 Å². The van der Waals surface area contributed by atoms with Crippen LogP contribution in [0.5, 0.6) is 0 Å². The van der Waals surface area contributed by atoms with E-state index in [1.165, 1.54) is 6.42 Å². The molecule has 0 bridgehead atoms. The van der Waals surface area contributed by atoms with E-state index < -0.39 is 0 Å². The molecule has 2 atom stereocenters. The summed E-state index contributed by atoms with van der Waals surface area (Å²) < 4.78 is 1.70. The van der Waals surface area contributed by atoms with E-state index in [-0.39, 0.29) is 11.3 Å². The second-order valence-corrected chi connectivity index (χ2v) is 5.86. The quantitative estimate of drug-likeness (QED) is 0.770. The smallest absolute Gasteiger partial charge is 0.186 e. The Hall–Kier alpha value is -1.16. The molecule has 4 nitrogen and oxygen atoms in total. The topological polar surface area (TPSA) is 38.1 Å². The van der Waals surface area contributed by atoms with E-state index in [1.807, 2.05) is 27.3 Å². The number of carbonyl (C=O) groups is 1. The van der Waals surface area contributed by atoms with Crippen LogP contribution in [0.4, 0.5) is 0 Å². The van der Waals surface area contributed by atoms with Gasteiger partial charge in [0.15, 0.2) is 5.78 Å². The predicted octanol–water partition coefficient (Wildman–Crippen LogP) is 2.11. The SMILES string of the molecule is CC1CCCC(C(=O)c2cnn(C)c2)(N(C)C)C1. The van der Waals surface area contributed by atoms with Gasteiger partial charge in [0.2, 0.25) is 0 Å². The van der Waals surface area contributed by atoms with Crippen molar-refractivity contribution in [3.63, 3.8) is 0 Å². The van der Waals surface area contributed by atoms with Gasteiger partial charge in [-0.25, -0.2) is 0 Å².